The van der Waals surface area contributed by atoms with Crippen molar-refractivity contribution in [3.63, 3.8) is 0 Å². The van der Waals surface area contributed by atoms with Crippen LogP contribution in [-0.4, -0.2) is 60.5 Å². The highest BCUT2D eigenvalue weighted by molar-refractivity contribution is 7.88. The van der Waals surface area contributed by atoms with Crippen molar-refractivity contribution in [2.45, 2.75) is 11.8 Å². The Kier molecular flexibility index (Phi) is 9.54. The van der Waals surface area contributed by atoms with Gasteiger partial charge in [0.25, 0.3) is 0 Å². The molecule has 34 heavy (non-hydrogen) atoms. The third kappa shape index (κ3) is 7.01. The largest absolute Gasteiger partial charge is 0.496 e. The number of hydrogen-bond acceptors (Lipinski definition) is 9. The molecule has 12 heteroatoms. The lowest BCUT2D eigenvalue weighted by atomic mass is 10.1. The zero-order valence-corrected chi connectivity index (χ0v) is 20.1. The van der Waals surface area contributed by atoms with Crippen LogP contribution in [0.25, 0.3) is 6.08 Å². The second kappa shape index (κ2) is 12.1. The van der Waals surface area contributed by atoms with Crippen LogP contribution in [0, 0.1) is 0 Å². The number of anilines is 1. The lowest BCUT2D eigenvalue weighted by Crippen LogP contribution is -2.47. The number of amides is 1. The summed E-state index contributed by atoms with van der Waals surface area (Å²) in [7, 11) is 1.91. The van der Waals surface area contributed by atoms with Crippen molar-refractivity contribution in [3.8, 4) is 23.0 Å². The van der Waals surface area contributed by atoms with E-state index in [0.29, 0.717) is 34.1 Å². The fourth-order valence-corrected chi connectivity index (χ4v) is 4.35. The molecule has 0 aromatic heterocycles. The van der Waals surface area contributed by atoms with Crippen LogP contribution in [0.5, 0.6) is 23.0 Å². The predicted molar refractivity (Wildman–Crippen MR) is 127 cm³/mol. The van der Waals surface area contributed by atoms with Crippen molar-refractivity contribution in [2.75, 3.05) is 40.8 Å². The minimum Gasteiger partial charge on any atom is -0.496 e. The van der Waals surface area contributed by atoms with E-state index in [0.717, 1.165) is 0 Å². The molecule has 5 N–H and O–H groups in total. The van der Waals surface area contributed by atoms with Crippen molar-refractivity contribution in [3.05, 3.63) is 47.7 Å². The van der Waals surface area contributed by atoms with Crippen molar-refractivity contribution in [2.24, 2.45) is 0 Å². The van der Waals surface area contributed by atoms with Crippen molar-refractivity contribution >= 4 is 27.7 Å². The van der Waals surface area contributed by atoms with Crippen LogP contribution in [0.2, 0.25) is 0 Å². The van der Waals surface area contributed by atoms with Crippen LogP contribution in [-0.2, 0) is 20.6 Å². The molecular weight excluding hydrogens is 466 g/mol. The first-order valence-corrected chi connectivity index (χ1v) is 11.6. The standard InChI is InChI=1S/C22H29N3O8S/c1-30-15-10-20(32-3)16(21(11-15)33-4)7-8-24-22(27)18(12-26)25-34(28,29)13-14-5-6-19(31-2)17(23)9-14/h5-11,18,25-26H,12-13,23H2,1-4H3,(H,24,27)/t18-/m0/s1. The number of sulfonamides is 1. The van der Waals surface area contributed by atoms with Gasteiger partial charge in [-0.1, -0.05) is 6.07 Å². The average Bonchev–Trinajstić information content (AvgIpc) is 2.82. The van der Waals surface area contributed by atoms with Gasteiger partial charge >= 0.3 is 0 Å². The van der Waals surface area contributed by atoms with Crippen LogP contribution in [0.1, 0.15) is 11.1 Å². The first kappa shape index (κ1) is 26.8. The maximum Gasteiger partial charge on any atom is 0.244 e. The van der Waals surface area contributed by atoms with E-state index in [2.05, 4.69) is 10.0 Å². The van der Waals surface area contributed by atoms with Crippen molar-refractivity contribution in [1.29, 1.82) is 0 Å². The Morgan fingerprint density at radius 1 is 1.03 bits per heavy atom. The first-order valence-electron chi connectivity index (χ1n) is 9.98. The Balaban J connectivity index is 2.10. The van der Waals surface area contributed by atoms with Crippen molar-refractivity contribution < 1.29 is 37.3 Å². The minimum atomic E-state index is -3.98. The van der Waals surface area contributed by atoms with E-state index in [-0.39, 0.29) is 5.69 Å². The molecule has 2 aromatic carbocycles. The van der Waals surface area contributed by atoms with Crippen molar-refractivity contribution in [1.82, 2.24) is 10.0 Å². The molecule has 2 rings (SSSR count). The van der Waals surface area contributed by atoms with Gasteiger partial charge in [0.15, 0.2) is 0 Å². The van der Waals surface area contributed by atoms with Gasteiger partial charge in [-0.25, -0.2) is 13.1 Å². The number of aliphatic hydroxyl groups excluding tert-OH is 1. The number of ether oxygens (including phenoxy) is 4. The first-order chi connectivity index (χ1) is 16.2. The Bertz CT molecular complexity index is 1110. The number of nitrogens with two attached hydrogens (primary N) is 1. The molecule has 0 saturated carbocycles. The lowest BCUT2D eigenvalue weighted by molar-refractivity contribution is -0.122. The fraction of sp³-hybridized carbons (Fsp3) is 0.318. The number of methoxy groups -OCH3 is 4. The number of nitrogen functional groups attached to an aromatic ring is 1. The number of aliphatic hydroxyl groups is 1. The van der Waals surface area contributed by atoms with Crippen LogP contribution in [0.4, 0.5) is 5.69 Å². The number of benzene rings is 2. The topological polar surface area (TPSA) is 158 Å². The average molecular weight is 496 g/mol. The molecule has 0 spiro atoms. The van der Waals surface area contributed by atoms with E-state index in [1.807, 2.05) is 0 Å². The Morgan fingerprint density at radius 2 is 1.65 bits per heavy atom. The summed E-state index contributed by atoms with van der Waals surface area (Å²) in [5.74, 6) is 0.589. The van der Waals surface area contributed by atoms with Gasteiger partial charge < -0.3 is 35.1 Å². The molecule has 0 unspecified atom stereocenters. The fourth-order valence-electron chi connectivity index (χ4n) is 3.03. The normalized spacial score (nSPS) is 12.3. The van der Waals surface area contributed by atoms with Crippen LogP contribution < -0.4 is 34.7 Å². The Labute approximate surface area is 198 Å². The maximum absolute atomic E-state index is 12.5. The molecule has 1 atom stereocenters. The van der Waals surface area contributed by atoms with Crippen LogP contribution in [0.15, 0.2) is 36.5 Å². The van der Waals surface area contributed by atoms with Gasteiger partial charge in [-0.3, -0.25) is 4.79 Å². The van der Waals surface area contributed by atoms with Crippen LogP contribution >= 0.6 is 0 Å². The number of carbonyl (C=O) groups excluding carboxylic acids is 1. The molecule has 0 saturated heterocycles. The molecular formula is C22H29N3O8S. The van der Waals surface area contributed by atoms with E-state index < -0.39 is 34.3 Å². The van der Waals surface area contributed by atoms with Gasteiger partial charge in [-0.15, -0.1) is 0 Å². The summed E-state index contributed by atoms with van der Waals surface area (Å²) in [5.41, 5.74) is 7.00. The quantitative estimate of drug-likeness (QED) is 0.313. The van der Waals surface area contributed by atoms with Gasteiger partial charge in [0.1, 0.15) is 29.0 Å². The van der Waals surface area contributed by atoms with E-state index in [1.165, 1.54) is 46.8 Å². The summed E-state index contributed by atoms with van der Waals surface area (Å²) in [4.78, 5) is 12.5. The molecule has 186 valence electrons. The molecule has 1 amide bonds. The van der Waals surface area contributed by atoms with E-state index >= 15 is 0 Å². The molecule has 11 nitrogen and oxygen atoms in total. The molecule has 0 aliphatic rings. The third-order valence-electron chi connectivity index (χ3n) is 4.70. The number of carbonyl (C=O) groups is 1. The molecule has 2 aromatic rings. The van der Waals surface area contributed by atoms with Gasteiger partial charge in [0, 0.05) is 18.3 Å². The lowest BCUT2D eigenvalue weighted by Gasteiger charge is -2.16. The Hall–Kier alpha value is -3.48. The predicted octanol–water partition coefficient (Wildman–Crippen LogP) is 0.871. The summed E-state index contributed by atoms with van der Waals surface area (Å²) in [6.45, 7) is -0.751. The van der Waals surface area contributed by atoms with E-state index in [4.69, 9.17) is 24.7 Å². The summed E-state index contributed by atoms with van der Waals surface area (Å²) in [6.07, 6.45) is 2.80. The molecule has 0 aliphatic heterocycles. The minimum absolute atomic E-state index is 0.279. The number of rotatable bonds is 12. The molecule has 0 heterocycles. The third-order valence-corrected chi connectivity index (χ3v) is 6.06. The SMILES string of the molecule is COc1cc(OC)c(C=CNC(=O)[C@H](CO)NS(=O)(=O)Cc2ccc(OC)c(N)c2)c(OC)c1. The smallest absolute Gasteiger partial charge is 0.244 e. The highest BCUT2D eigenvalue weighted by Gasteiger charge is 2.24. The maximum atomic E-state index is 12.5. The van der Waals surface area contributed by atoms with Gasteiger partial charge in [0.2, 0.25) is 15.9 Å². The molecule has 0 bridgehead atoms. The summed E-state index contributed by atoms with van der Waals surface area (Å²) < 4.78 is 48.1. The summed E-state index contributed by atoms with van der Waals surface area (Å²) in [6, 6.07) is 6.42. The van der Waals surface area contributed by atoms with E-state index in [9.17, 15) is 18.3 Å². The number of hydrogen-bond donors (Lipinski definition) is 4. The molecule has 0 fully saturated rings. The second-order valence-corrected chi connectivity index (χ2v) is 8.73. The van der Waals surface area contributed by atoms with Gasteiger partial charge in [-0.2, -0.15) is 0 Å². The zero-order chi connectivity index (χ0) is 25.3. The zero-order valence-electron chi connectivity index (χ0n) is 19.3. The number of nitrogens with one attached hydrogen (secondary N) is 2. The van der Waals surface area contributed by atoms with Gasteiger partial charge in [0.05, 0.1) is 52.0 Å². The Morgan fingerprint density at radius 3 is 2.15 bits per heavy atom. The molecule has 0 radical (unpaired) electrons. The summed E-state index contributed by atoms with van der Waals surface area (Å²) >= 11 is 0. The van der Waals surface area contributed by atoms with E-state index in [1.54, 1.807) is 24.3 Å². The molecule has 0 aliphatic carbocycles. The van der Waals surface area contributed by atoms with Crippen LogP contribution in [0.3, 0.4) is 0 Å². The highest BCUT2D eigenvalue weighted by Crippen LogP contribution is 2.34. The second-order valence-electron chi connectivity index (χ2n) is 6.98. The van der Waals surface area contributed by atoms with Gasteiger partial charge in [-0.05, 0) is 23.8 Å². The summed E-state index contributed by atoms with van der Waals surface area (Å²) in [5, 5.41) is 12.0. The monoisotopic (exact) mass is 495 g/mol. The highest BCUT2D eigenvalue weighted by atomic mass is 32.2.